The van der Waals surface area contributed by atoms with E-state index in [-0.39, 0.29) is 12.5 Å². The molecule has 0 amide bonds. The molecule has 0 unspecified atom stereocenters. The molecule has 7 nitrogen and oxygen atoms in total. The average molecular weight is 321 g/mol. The molecule has 8 heteroatoms. The number of carbonyl (C=O) groups is 1. The van der Waals surface area contributed by atoms with Gasteiger partial charge in [-0.3, -0.25) is 4.79 Å². The first kappa shape index (κ1) is 17.7. The van der Waals surface area contributed by atoms with Crippen LogP contribution in [0.15, 0.2) is 12.4 Å². The van der Waals surface area contributed by atoms with E-state index in [1.165, 1.54) is 0 Å². The predicted octanol–water partition coefficient (Wildman–Crippen LogP) is 0.775. The first-order valence-electron chi connectivity index (χ1n) is 7.70. The fourth-order valence-corrected chi connectivity index (χ4v) is 2.10. The van der Waals surface area contributed by atoms with Gasteiger partial charge in [0.05, 0.1) is 17.8 Å². The summed E-state index contributed by atoms with van der Waals surface area (Å²) in [4.78, 5) is 21.7. The van der Waals surface area contributed by atoms with Gasteiger partial charge in [-0.2, -0.15) is 0 Å². The molecule has 2 heterocycles. The highest BCUT2D eigenvalue weighted by atomic mass is 16.7. The van der Waals surface area contributed by atoms with Crippen molar-refractivity contribution in [3.63, 3.8) is 0 Å². The van der Waals surface area contributed by atoms with Crippen molar-refractivity contribution in [2.75, 3.05) is 25.1 Å². The summed E-state index contributed by atoms with van der Waals surface area (Å²) >= 11 is 0. The number of carbonyl (C=O) groups excluding carboxylic acids is 1. The van der Waals surface area contributed by atoms with Crippen LogP contribution in [0.3, 0.4) is 0 Å². The number of ether oxygens (including phenoxy) is 1. The third-order valence-electron chi connectivity index (χ3n) is 4.20. The average Bonchev–Trinajstić information content (AvgIpc) is 2.68. The predicted molar refractivity (Wildman–Crippen MR) is 87.7 cm³/mol. The Kier molecular flexibility index (Phi) is 4.96. The number of nitrogens with zero attached hydrogens (tertiary/aromatic N) is 3. The number of aromatic nitrogens is 2. The van der Waals surface area contributed by atoms with Crippen LogP contribution in [0.25, 0.3) is 0 Å². The molecule has 0 saturated carbocycles. The van der Waals surface area contributed by atoms with Gasteiger partial charge < -0.3 is 18.9 Å². The van der Waals surface area contributed by atoms with Crippen molar-refractivity contribution in [2.24, 2.45) is 0 Å². The normalized spacial score (nSPS) is 18.8. The van der Waals surface area contributed by atoms with Crippen LogP contribution in [0.5, 0.6) is 0 Å². The highest BCUT2D eigenvalue weighted by Crippen LogP contribution is 2.36. The summed E-state index contributed by atoms with van der Waals surface area (Å²) in [6.45, 7) is 10.2. The van der Waals surface area contributed by atoms with Gasteiger partial charge in [-0.15, -0.1) is 0 Å². The summed E-state index contributed by atoms with van der Waals surface area (Å²) in [6.07, 6.45) is 3.32. The second kappa shape index (κ2) is 6.45. The Labute approximate surface area is 137 Å². The minimum Gasteiger partial charge on any atom is -0.465 e. The lowest BCUT2D eigenvalue weighted by atomic mass is 9.81. The molecule has 1 aromatic heterocycles. The van der Waals surface area contributed by atoms with Gasteiger partial charge in [-0.25, -0.2) is 9.97 Å². The Morgan fingerprint density at radius 3 is 2.22 bits per heavy atom. The fraction of sp³-hybridized carbons (Fsp3) is 0.667. The van der Waals surface area contributed by atoms with Gasteiger partial charge in [0.15, 0.2) is 0 Å². The summed E-state index contributed by atoms with van der Waals surface area (Å²) < 4.78 is 16.8. The van der Waals surface area contributed by atoms with Crippen LogP contribution in [0.2, 0.25) is 0 Å². The van der Waals surface area contributed by atoms with Crippen molar-refractivity contribution in [3.8, 4) is 0 Å². The van der Waals surface area contributed by atoms with E-state index in [0.29, 0.717) is 12.6 Å². The molecule has 0 radical (unpaired) electrons. The van der Waals surface area contributed by atoms with Gasteiger partial charge in [0.25, 0.3) is 0 Å². The monoisotopic (exact) mass is 321 g/mol. The zero-order chi connectivity index (χ0) is 17.3. The Bertz CT molecular complexity index is 546. The van der Waals surface area contributed by atoms with Crippen LogP contribution in [0.1, 0.15) is 34.6 Å². The first-order valence-corrected chi connectivity index (χ1v) is 7.70. The van der Waals surface area contributed by atoms with Crippen molar-refractivity contribution in [2.45, 2.75) is 45.8 Å². The summed E-state index contributed by atoms with van der Waals surface area (Å²) in [6, 6.07) is 0. The smallest absolute Gasteiger partial charge is 0.465 e. The van der Waals surface area contributed by atoms with E-state index in [9.17, 15) is 4.79 Å². The molecule has 2 rings (SSSR count). The SMILES string of the molecule is CCOC(=O)CN(C)c1ncc(B2OC(C)(C)C(C)(C)O2)cn1. The number of esters is 1. The van der Waals surface area contributed by atoms with Crippen molar-refractivity contribution < 1.29 is 18.8 Å². The van der Waals surface area contributed by atoms with E-state index in [0.717, 1.165) is 5.46 Å². The van der Waals surface area contributed by atoms with Gasteiger partial charge in [0.2, 0.25) is 5.95 Å². The molecule has 1 aliphatic rings. The molecule has 0 atom stereocenters. The molecule has 126 valence electrons. The number of hydrogen-bond acceptors (Lipinski definition) is 7. The zero-order valence-corrected chi connectivity index (χ0v) is 14.6. The molecule has 1 aliphatic heterocycles. The van der Waals surface area contributed by atoms with Gasteiger partial charge in [-0.1, -0.05) is 0 Å². The Morgan fingerprint density at radius 1 is 1.22 bits per heavy atom. The van der Waals surface area contributed by atoms with Crippen molar-refractivity contribution in [1.82, 2.24) is 9.97 Å². The lowest BCUT2D eigenvalue weighted by Crippen LogP contribution is -2.41. The molecule has 0 bridgehead atoms. The minimum atomic E-state index is -0.496. The number of rotatable bonds is 5. The molecule has 0 N–H and O–H groups in total. The third-order valence-corrected chi connectivity index (χ3v) is 4.20. The third kappa shape index (κ3) is 3.81. The Balaban J connectivity index is 2.04. The summed E-state index contributed by atoms with van der Waals surface area (Å²) in [7, 11) is 1.24. The van der Waals surface area contributed by atoms with Crippen molar-refractivity contribution >= 4 is 24.5 Å². The standard InChI is InChI=1S/C15H24BN3O4/c1-7-21-12(20)10-19(6)13-17-8-11(9-18-13)16-22-14(2,3)15(4,5)23-16/h8-9H,7,10H2,1-6H3. The van der Waals surface area contributed by atoms with Crippen LogP contribution < -0.4 is 10.4 Å². The second-order valence-corrected chi connectivity index (χ2v) is 6.57. The summed E-state index contributed by atoms with van der Waals surface area (Å²) in [5.41, 5.74) is -0.0643. The van der Waals surface area contributed by atoms with Crippen LogP contribution in [0.4, 0.5) is 5.95 Å². The molecule has 1 aromatic rings. The van der Waals surface area contributed by atoms with E-state index in [1.54, 1.807) is 31.3 Å². The van der Waals surface area contributed by atoms with Crippen LogP contribution in [-0.2, 0) is 18.8 Å². The maximum absolute atomic E-state index is 11.5. The van der Waals surface area contributed by atoms with E-state index in [2.05, 4.69) is 9.97 Å². The maximum atomic E-state index is 11.5. The van der Waals surface area contributed by atoms with Crippen molar-refractivity contribution in [1.29, 1.82) is 0 Å². The van der Waals surface area contributed by atoms with Gasteiger partial charge >= 0.3 is 13.1 Å². The lowest BCUT2D eigenvalue weighted by Gasteiger charge is -2.32. The zero-order valence-electron chi connectivity index (χ0n) is 14.6. The quantitative estimate of drug-likeness (QED) is 0.586. The number of hydrogen-bond donors (Lipinski definition) is 0. The second-order valence-electron chi connectivity index (χ2n) is 6.57. The van der Waals surface area contributed by atoms with E-state index in [4.69, 9.17) is 14.0 Å². The number of likely N-dealkylation sites (N-methyl/N-ethyl adjacent to an activating group) is 1. The molecule has 23 heavy (non-hydrogen) atoms. The highest BCUT2D eigenvalue weighted by Gasteiger charge is 2.51. The lowest BCUT2D eigenvalue weighted by molar-refractivity contribution is -0.141. The molecule has 1 saturated heterocycles. The van der Waals surface area contributed by atoms with Gasteiger partial charge in [0, 0.05) is 24.9 Å². The largest absolute Gasteiger partial charge is 0.498 e. The molecular weight excluding hydrogens is 297 g/mol. The van der Waals surface area contributed by atoms with Crippen LogP contribution >= 0.6 is 0 Å². The fourth-order valence-electron chi connectivity index (χ4n) is 2.10. The number of anilines is 1. The summed E-state index contributed by atoms with van der Waals surface area (Å²) in [5.74, 6) is 0.131. The van der Waals surface area contributed by atoms with Gasteiger partial charge in [-0.05, 0) is 34.6 Å². The molecule has 0 aliphatic carbocycles. The topological polar surface area (TPSA) is 73.8 Å². The minimum absolute atomic E-state index is 0.101. The highest BCUT2D eigenvalue weighted by molar-refractivity contribution is 6.61. The molecule has 0 spiro atoms. The maximum Gasteiger partial charge on any atom is 0.498 e. The summed E-state index contributed by atoms with van der Waals surface area (Å²) in [5, 5.41) is 0. The van der Waals surface area contributed by atoms with E-state index >= 15 is 0 Å². The first-order chi connectivity index (χ1) is 10.7. The molecular formula is C15H24BN3O4. The van der Waals surface area contributed by atoms with E-state index in [1.807, 2.05) is 27.7 Å². The van der Waals surface area contributed by atoms with Gasteiger partial charge in [0.1, 0.15) is 6.54 Å². The Morgan fingerprint density at radius 2 is 1.74 bits per heavy atom. The Hall–Kier alpha value is -1.67. The molecule has 0 aromatic carbocycles. The van der Waals surface area contributed by atoms with Crippen molar-refractivity contribution in [3.05, 3.63) is 12.4 Å². The molecule has 1 fully saturated rings. The van der Waals surface area contributed by atoms with Crippen LogP contribution in [-0.4, -0.2) is 54.5 Å². The van der Waals surface area contributed by atoms with E-state index < -0.39 is 18.3 Å². The van der Waals surface area contributed by atoms with Crippen LogP contribution in [0, 0.1) is 0 Å².